The average Bonchev–Trinajstić information content (AvgIpc) is 2.72. The van der Waals surface area contributed by atoms with Crippen molar-refractivity contribution in [1.82, 2.24) is 10.6 Å². The predicted octanol–water partition coefficient (Wildman–Crippen LogP) is 2.91. The van der Waals surface area contributed by atoms with E-state index in [-0.39, 0.29) is 5.91 Å². The Balaban J connectivity index is 2.03. The van der Waals surface area contributed by atoms with Crippen LogP contribution in [0.15, 0.2) is 59.8 Å². The molecule has 150 valence electrons. The number of hydrogen-bond acceptors (Lipinski definition) is 5. The SMILES string of the molecule is COC(=O)c1ccccc1C1NC(=S)NC(C)=C1C(=O)Nc1ccccc1OC. The van der Waals surface area contributed by atoms with Crippen molar-refractivity contribution in [3.05, 3.63) is 70.9 Å². The number of benzene rings is 2. The van der Waals surface area contributed by atoms with Crippen LogP contribution < -0.4 is 20.7 Å². The summed E-state index contributed by atoms with van der Waals surface area (Å²) in [5.74, 6) is -0.300. The van der Waals surface area contributed by atoms with E-state index in [1.54, 1.807) is 49.4 Å². The fourth-order valence-corrected chi connectivity index (χ4v) is 3.48. The third kappa shape index (κ3) is 4.22. The number of para-hydroxylation sites is 2. The average molecular weight is 411 g/mol. The van der Waals surface area contributed by atoms with Gasteiger partial charge in [0, 0.05) is 5.70 Å². The van der Waals surface area contributed by atoms with Crippen LogP contribution in [0.1, 0.15) is 28.9 Å². The summed E-state index contributed by atoms with van der Waals surface area (Å²) in [4.78, 5) is 25.5. The van der Waals surface area contributed by atoms with Crippen molar-refractivity contribution in [2.24, 2.45) is 0 Å². The number of nitrogens with one attached hydrogen (secondary N) is 3. The molecule has 2 aromatic rings. The number of amides is 1. The number of anilines is 1. The van der Waals surface area contributed by atoms with Crippen LogP contribution in [0.2, 0.25) is 0 Å². The summed E-state index contributed by atoms with van der Waals surface area (Å²) in [5.41, 5.74) is 2.47. The zero-order valence-electron chi connectivity index (χ0n) is 16.2. The molecule has 1 atom stereocenters. The molecule has 0 aliphatic carbocycles. The number of thiocarbonyl (C=S) groups is 1. The summed E-state index contributed by atoms with van der Waals surface area (Å²) in [6.45, 7) is 1.76. The fraction of sp³-hybridized carbons (Fsp3) is 0.190. The first-order valence-electron chi connectivity index (χ1n) is 8.86. The Morgan fingerprint density at radius 1 is 1.07 bits per heavy atom. The van der Waals surface area contributed by atoms with Gasteiger partial charge in [-0.25, -0.2) is 4.79 Å². The maximum Gasteiger partial charge on any atom is 0.338 e. The van der Waals surface area contributed by atoms with E-state index in [0.29, 0.717) is 38.9 Å². The zero-order valence-corrected chi connectivity index (χ0v) is 17.1. The normalized spacial score (nSPS) is 15.8. The van der Waals surface area contributed by atoms with Gasteiger partial charge in [0.2, 0.25) is 0 Å². The molecular weight excluding hydrogens is 390 g/mol. The highest BCUT2D eigenvalue weighted by atomic mass is 32.1. The molecule has 7 nitrogen and oxygen atoms in total. The first kappa shape index (κ1) is 20.3. The van der Waals surface area contributed by atoms with Crippen molar-refractivity contribution in [2.45, 2.75) is 13.0 Å². The van der Waals surface area contributed by atoms with E-state index in [2.05, 4.69) is 16.0 Å². The summed E-state index contributed by atoms with van der Waals surface area (Å²) in [5, 5.41) is 9.31. The zero-order chi connectivity index (χ0) is 21.0. The van der Waals surface area contributed by atoms with Crippen molar-refractivity contribution in [2.75, 3.05) is 19.5 Å². The Morgan fingerprint density at radius 3 is 2.48 bits per heavy atom. The number of rotatable bonds is 5. The summed E-state index contributed by atoms with van der Waals surface area (Å²) in [6.07, 6.45) is 0. The number of carbonyl (C=O) groups excluding carboxylic acids is 2. The summed E-state index contributed by atoms with van der Waals surface area (Å²) in [7, 11) is 2.85. The second-order valence-electron chi connectivity index (χ2n) is 6.30. The minimum absolute atomic E-state index is 0.348. The van der Waals surface area contributed by atoms with E-state index in [4.69, 9.17) is 21.7 Å². The third-order valence-corrected chi connectivity index (χ3v) is 4.77. The van der Waals surface area contributed by atoms with Gasteiger partial charge in [0.15, 0.2) is 5.11 Å². The molecule has 1 amide bonds. The van der Waals surface area contributed by atoms with Crippen LogP contribution in [0.3, 0.4) is 0 Å². The first-order chi connectivity index (χ1) is 14.0. The molecule has 0 saturated carbocycles. The van der Waals surface area contributed by atoms with E-state index in [1.165, 1.54) is 14.2 Å². The lowest BCUT2D eigenvalue weighted by atomic mass is 9.91. The smallest absolute Gasteiger partial charge is 0.338 e. The Kier molecular flexibility index (Phi) is 6.13. The van der Waals surface area contributed by atoms with E-state index in [1.807, 2.05) is 6.07 Å². The topological polar surface area (TPSA) is 88.7 Å². The lowest BCUT2D eigenvalue weighted by Crippen LogP contribution is -2.46. The Labute approximate surface area is 174 Å². The molecule has 1 unspecified atom stereocenters. The molecule has 1 aliphatic heterocycles. The molecule has 29 heavy (non-hydrogen) atoms. The van der Waals surface area contributed by atoms with Crippen molar-refractivity contribution in [3.63, 3.8) is 0 Å². The largest absolute Gasteiger partial charge is 0.495 e. The molecule has 8 heteroatoms. The maximum atomic E-state index is 13.2. The lowest BCUT2D eigenvalue weighted by molar-refractivity contribution is -0.113. The molecule has 0 aromatic heterocycles. The fourth-order valence-electron chi connectivity index (χ4n) is 3.21. The standard InChI is InChI=1S/C21H21N3O4S/c1-12-17(19(25)23-15-10-6-7-11-16(15)27-2)18(24-21(29)22-12)13-8-4-5-9-14(13)20(26)28-3/h4-11,18H,1-3H3,(H,23,25)(H2,22,24,29). The van der Waals surface area contributed by atoms with Crippen LogP contribution >= 0.6 is 12.2 Å². The van der Waals surface area contributed by atoms with E-state index in [0.717, 1.165) is 0 Å². The lowest BCUT2D eigenvalue weighted by Gasteiger charge is -2.31. The molecule has 0 spiro atoms. The van der Waals surface area contributed by atoms with Gasteiger partial charge in [0.1, 0.15) is 5.75 Å². The number of hydrogen-bond donors (Lipinski definition) is 3. The summed E-state index contributed by atoms with van der Waals surface area (Å²) >= 11 is 5.28. The molecule has 0 radical (unpaired) electrons. The molecule has 0 saturated heterocycles. The Bertz CT molecular complexity index is 1000. The number of esters is 1. The molecule has 1 heterocycles. The van der Waals surface area contributed by atoms with Crippen molar-refractivity contribution < 1.29 is 19.1 Å². The summed E-state index contributed by atoms with van der Waals surface area (Å²) in [6, 6.07) is 13.4. The predicted molar refractivity (Wildman–Crippen MR) is 114 cm³/mol. The number of allylic oxidation sites excluding steroid dienone is 1. The van der Waals surface area contributed by atoms with Gasteiger partial charge in [-0.05, 0) is 42.9 Å². The van der Waals surface area contributed by atoms with Crippen molar-refractivity contribution in [1.29, 1.82) is 0 Å². The van der Waals surface area contributed by atoms with Gasteiger partial charge in [-0.1, -0.05) is 30.3 Å². The highest BCUT2D eigenvalue weighted by Gasteiger charge is 2.32. The molecule has 0 bridgehead atoms. The molecule has 2 aromatic carbocycles. The monoisotopic (exact) mass is 411 g/mol. The highest BCUT2D eigenvalue weighted by molar-refractivity contribution is 7.80. The van der Waals surface area contributed by atoms with Gasteiger partial charge < -0.3 is 25.4 Å². The number of methoxy groups -OCH3 is 2. The minimum atomic E-state index is -0.631. The molecule has 3 rings (SSSR count). The quantitative estimate of drug-likeness (QED) is 0.515. The number of ether oxygens (including phenoxy) is 2. The van der Waals surface area contributed by atoms with Crippen molar-refractivity contribution >= 4 is 34.9 Å². The van der Waals surface area contributed by atoms with Crippen LogP contribution in [0.25, 0.3) is 0 Å². The van der Waals surface area contributed by atoms with Gasteiger partial charge in [-0.2, -0.15) is 0 Å². The maximum absolute atomic E-state index is 13.2. The van der Waals surface area contributed by atoms with Crippen molar-refractivity contribution in [3.8, 4) is 5.75 Å². The van der Waals surface area contributed by atoms with E-state index >= 15 is 0 Å². The van der Waals surface area contributed by atoms with Crippen LogP contribution in [-0.2, 0) is 9.53 Å². The highest BCUT2D eigenvalue weighted by Crippen LogP contribution is 2.31. The van der Waals surface area contributed by atoms with Crippen LogP contribution in [0, 0.1) is 0 Å². The Hall–Kier alpha value is -3.39. The van der Waals surface area contributed by atoms with Crippen LogP contribution in [0.4, 0.5) is 5.69 Å². The second-order valence-corrected chi connectivity index (χ2v) is 6.71. The van der Waals surface area contributed by atoms with Gasteiger partial charge >= 0.3 is 5.97 Å². The molecule has 3 N–H and O–H groups in total. The molecular formula is C21H21N3O4S. The first-order valence-corrected chi connectivity index (χ1v) is 9.27. The molecule has 0 fully saturated rings. The second kappa shape index (κ2) is 8.74. The van der Waals surface area contributed by atoms with E-state index < -0.39 is 12.0 Å². The van der Waals surface area contributed by atoms with Crippen LogP contribution in [0.5, 0.6) is 5.75 Å². The third-order valence-electron chi connectivity index (χ3n) is 4.55. The Morgan fingerprint density at radius 2 is 1.76 bits per heavy atom. The minimum Gasteiger partial charge on any atom is -0.495 e. The van der Waals surface area contributed by atoms with Gasteiger partial charge in [0.05, 0.1) is 37.1 Å². The van der Waals surface area contributed by atoms with E-state index in [9.17, 15) is 9.59 Å². The summed E-state index contributed by atoms with van der Waals surface area (Å²) < 4.78 is 10.2. The molecule has 1 aliphatic rings. The van der Waals surface area contributed by atoms with Crippen LogP contribution in [-0.4, -0.2) is 31.2 Å². The number of carbonyl (C=O) groups is 2. The van der Waals surface area contributed by atoms with Gasteiger partial charge in [-0.3, -0.25) is 4.79 Å². The van der Waals surface area contributed by atoms with Gasteiger partial charge in [-0.15, -0.1) is 0 Å². The van der Waals surface area contributed by atoms with Gasteiger partial charge in [0.25, 0.3) is 5.91 Å².